The van der Waals surface area contributed by atoms with Gasteiger partial charge in [0.15, 0.2) is 0 Å². The predicted molar refractivity (Wildman–Crippen MR) is 89.4 cm³/mol. The molecule has 3 aromatic rings. The molecule has 0 aliphatic heterocycles. The van der Waals surface area contributed by atoms with Gasteiger partial charge in [-0.15, -0.1) is 11.3 Å². The summed E-state index contributed by atoms with van der Waals surface area (Å²) in [5.74, 6) is -1.10. The fourth-order valence-corrected chi connectivity index (χ4v) is 3.92. The first-order chi connectivity index (χ1) is 11.1. The molecule has 0 aliphatic carbocycles. The number of aromatic carboxylic acids is 1. The number of thiophene rings is 1. The minimum absolute atomic E-state index is 0.0510. The largest absolute Gasteiger partial charge is 0.477 e. The van der Waals surface area contributed by atoms with Gasteiger partial charge in [0.1, 0.15) is 16.3 Å². The van der Waals surface area contributed by atoms with Crippen molar-refractivity contribution >= 4 is 50.8 Å². The van der Waals surface area contributed by atoms with E-state index in [9.17, 15) is 14.7 Å². The summed E-state index contributed by atoms with van der Waals surface area (Å²) in [5.41, 5.74) is 1.10. The van der Waals surface area contributed by atoms with Crippen LogP contribution >= 0.6 is 22.9 Å². The van der Waals surface area contributed by atoms with Gasteiger partial charge in [0.25, 0.3) is 0 Å². The van der Waals surface area contributed by atoms with Gasteiger partial charge < -0.3 is 9.84 Å². The first-order valence-corrected chi connectivity index (χ1v) is 8.25. The Hall–Kier alpha value is -2.45. The van der Waals surface area contributed by atoms with Gasteiger partial charge in [0.2, 0.25) is 0 Å². The minimum atomic E-state index is -1.10. The quantitative estimate of drug-likeness (QED) is 0.740. The van der Waals surface area contributed by atoms with Crippen molar-refractivity contribution in [3.8, 4) is 0 Å². The summed E-state index contributed by atoms with van der Waals surface area (Å²) in [4.78, 5) is 24.9. The second-order valence-electron chi connectivity index (χ2n) is 4.72. The molecule has 1 amide bonds. The number of fused-ring (bicyclic) bond motifs is 1. The Kier molecular flexibility index (Phi) is 4.26. The number of rotatable bonds is 4. The predicted octanol–water partition coefficient (Wildman–Crippen LogP) is 4.11. The lowest BCUT2D eigenvalue weighted by Crippen LogP contribution is -2.15. The number of carboxylic acids is 1. The lowest BCUT2D eigenvalue weighted by molar-refractivity contribution is 0.0703. The second kappa shape index (κ2) is 6.35. The van der Waals surface area contributed by atoms with E-state index in [2.05, 4.69) is 9.69 Å². The molecule has 2 aromatic heterocycles. The molecule has 0 saturated heterocycles. The molecular formula is C15H12N2O4S2. The van der Waals surface area contributed by atoms with Crippen molar-refractivity contribution in [2.24, 2.45) is 0 Å². The SMILES string of the molecule is Cc1snc2sc(C(=O)O)c(NC(=O)OCc3ccccc3)c12. The molecule has 0 spiro atoms. The molecule has 6 nitrogen and oxygen atoms in total. The average Bonchev–Trinajstić information content (AvgIpc) is 3.07. The van der Waals surface area contributed by atoms with Crippen LogP contribution in [-0.4, -0.2) is 21.5 Å². The van der Waals surface area contributed by atoms with Crippen molar-refractivity contribution in [2.75, 3.05) is 5.32 Å². The molecule has 0 bridgehead atoms. The third-order valence-electron chi connectivity index (χ3n) is 3.14. The maximum absolute atomic E-state index is 12.0. The molecular weight excluding hydrogens is 336 g/mol. The van der Waals surface area contributed by atoms with E-state index in [-0.39, 0.29) is 17.2 Å². The summed E-state index contributed by atoms with van der Waals surface area (Å²) in [5, 5.41) is 12.5. The zero-order valence-corrected chi connectivity index (χ0v) is 13.7. The van der Waals surface area contributed by atoms with Gasteiger partial charge in [0, 0.05) is 4.88 Å². The highest BCUT2D eigenvalue weighted by molar-refractivity contribution is 7.23. The molecule has 1 aromatic carbocycles. The molecule has 8 heteroatoms. The maximum atomic E-state index is 12.0. The van der Waals surface area contributed by atoms with E-state index in [0.717, 1.165) is 21.8 Å². The number of anilines is 1. The van der Waals surface area contributed by atoms with E-state index in [4.69, 9.17) is 4.74 Å². The van der Waals surface area contributed by atoms with Gasteiger partial charge >= 0.3 is 12.1 Å². The number of hydrogen-bond acceptors (Lipinski definition) is 6. The molecule has 0 aliphatic rings. The molecule has 0 radical (unpaired) electrons. The number of carbonyl (C=O) groups is 2. The fourth-order valence-electron chi connectivity index (χ4n) is 2.10. The van der Waals surface area contributed by atoms with Crippen LogP contribution in [0.3, 0.4) is 0 Å². The van der Waals surface area contributed by atoms with Crippen LogP contribution in [0.25, 0.3) is 10.2 Å². The van der Waals surface area contributed by atoms with Crippen molar-refractivity contribution in [3.05, 3.63) is 45.6 Å². The van der Waals surface area contributed by atoms with Crippen LogP contribution in [0.15, 0.2) is 30.3 Å². The average molecular weight is 348 g/mol. The van der Waals surface area contributed by atoms with Crippen LogP contribution < -0.4 is 5.32 Å². The first-order valence-electron chi connectivity index (χ1n) is 6.66. The monoisotopic (exact) mass is 348 g/mol. The van der Waals surface area contributed by atoms with Crippen LogP contribution in [0.2, 0.25) is 0 Å². The van der Waals surface area contributed by atoms with E-state index in [0.29, 0.717) is 10.2 Å². The Labute approximate surface area is 139 Å². The number of amides is 1. The third kappa shape index (κ3) is 3.17. The summed E-state index contributed by atoms with van der Waals surface area (Å²) in [6.45, 7) is 1.95. The van der Waals surface area contributed by atoms with Crippen molar-refractivity contribution in [1.82, 2.24) is 4.37 Å². The Bertz CT molecular complexity index is 870. The van der Waals surface area contributed by atoms with Crippen molar-refractivity contribution in [1.29, 1.82) is 0 Å². The molecule has 0 unspecified atom stereocenters. The highest BCUT2D eigenvalue weighted by Gasteiger charge is 2.23. The summed E-state index contributed by atoms with van der Waals surface area (Å²) in [6.07, 6.45) is -0.693. The van der Waals surface area contributed by atoms with Gasteiger partial charge in [-0.3, -0.25) is 5.32 Å². The van der Waals surface area contributed by atoms with E-state index in [1.165, 1.54) is 11.5 Å². The van der Waals surface area contributed by atoms with E-state index >= 15 is 0 Å². The maximum Gasteiger partial charge on any atom is 0.412 e. The van der Waals surface area contributed by atoms with Gasteiger partial charge in [-0.1, -0.05) is 30.3 Å². The molecule has 0 fully saturated rings. The van der Waals surface area contributed by atoms with Crippen molar-refractivity contribution in [2.45, 2.75) is 13.5 Å². The third-order valence-corrected chi connectivity index (χ3v) is 5.08. The summed E-state index contributed by atoms with van der Waals surface area (Å²) in [6, 6.07) is 9.25. The van der Waals surface area contributed by atoms with Crippen LogP contribution in [0.5, 0.6) is 0 Å². The summed E-state index contributed by atoms with van der Waals surface area (Å²) < 4.78 is 9.33. The topological polar surface area (TPSA) is 88.5 Å². The van der Waals surface area contributed by atoms with Crippen molar-refractivity contribution in [3.63, 3.8) is 0 Å². The summed E-state index contributed by atoms with van der Waals surface area (Å²) >= 11 is 2.31. The smallest absolute Gasteiger partial charge is 0.412 e. The van der Waals surface area contributed by atoms with Gasteiger partial charge in [-0.2, -0.15) is 4.37 Å². The molecule has 0 atom stereocenters. The van der Waals surface area contributed by atoms with Crippen LogP contribution in [0.4, 0.5) is 10.5 Å². The van der Waals surface area contributed by atoms with Gasteiger partial charge in [0.05, 0.1) is 11.1 Å². The molecule has 3 rings (SSSR count). The minimum Gasteiger partial charge on any atom is -0.477 e. The lowest BCUT2D eigenvalue weighted by atomic mass is 10.2. The van der Waals surface area contributed by atoms with Gasteiger partial charge in [-0.25, -0.2) is 9.59 Å². The normalized spacial score (nSPS) is 10.7. The van der Waals surface area contributed by atoms with Gasteiger partial charge in [-0.05, 0) is 24.0 Å². The van der Waals surface area contributed by atoms with Crippen LogP contribution in [0.1, 0.15) is 20.1 Å². The van der Waals surface area contributed by atoms with E-state index in [1.54, 1.807) is 0 Å². The number of nitrogens with zero attached hydrogens (tertiary/aromatic N) is 1. The van der Waals surface area contributed by atoms with Crippen LogP contribution in [-0.2, 0) is 11.3 Å². The Morgan fingerprint density at radius 3 is 2.74 bits per heavy atom. The highest BCUT2D eigenvalue weighted by Crippen LogP contribution is 2.39. The number of benzene rings is 1. The first kappa shape index (κ1) is 15.4. The Morgan fingerprint density at radius 2 is 2.04 bits per heavy atom. The number of aryl methyl sites for hydroxylation is 1. The van der Waals surface area contributed by atoms with Crippen molar-refractivity contribution < 1.29 is 19.4 Å². The van der Waals surface area contributed by atoms with Crippen LogP contribution in [0, 0.1) is 6.92 Å². The number of aromatic nitrogens is 1. The zero-order valence-electron chi connectivity index (χ0n) is 12.0. The number of ether oxygens (including phenoxy) is 1. The van der Waals surface area contributed by atoms with E-state index in [1.807, 2.05) is 37.3 Å². The molecule has 2 heterocycles. The summed E-state index contributed by atoms with van der Waals surface area (Å²) in [7, 11) is 0. The number of carbonyl (C=O) groups excluding carboxylic acids is 1. The zero-order chi connectivity index (χ0) is 16.4. The Morgan fingerprint density at radius 1 is 1.30 bits per heavy atom. The number of nitrogens with one attached hydrogen (secondary N) is 1. The van der Waals surface area contributed by atoms with E-state index < -0.39 is 12.1 Å². The highest BCUT2D eigenvalue weighted by atomic mass is 32.1. The standard InChI is InChI=1S/C15H12N2O4S2/c1-8-10-11(12(14(18)19)22-13(10)17-23-8)16-15(20)21-7-9-5-3-2-4-6-9/h2-6H,7H2,1H3,(H,16,20)(H,18,19). The second-order valence-corrected chi connectivity index (χ2v) is 6.69. The lowest BCUT2D eigenvalue weighted by Gasteiger charge is -2.07. The Balaban J connectivity index is 1.80. The number of hydrogen-bond donors (Lipinski definition) is 2. The molecule has 2 N–H and O–H groups in total. The molecule has 118 valence electrons. The molecule has 0 saturated carbocycles. The fraction of sp³-hybridized carbons (Fsp3) is 0.133. The number of carboxylic acid groups (broad SMARTS) is 1. The molecule has 23 heavy (non-hydrogen) atoms.